The van der Waals surface area contributed by atoms with Crippen molar-refractivity contribution in [2.75, 3.05) is 43.7 Å². The first-order valence-electron chi connectivity index (χ1n) is 10.2. The SMILES string of the molecule is COc1cc2c(cc1OC)CN(c1cc(C)nc(N3CCCC(C)C3)n1)CC2. The number of aromatic nitrogens is 2. The number of benzene rings is 1. The third-order valence-corrected chi connectivity index (χ3v) is 5.81. The molecule has 0 spiro atoms. The van der Waals surface area contributed by atoms with Crippen LogP contribution in [0.25, 0.3) is 0 Å². The number of nitrogens with zero attached hydrogens (tertiary/aromatic N) is 4. The van der Waals surface area contributed by atoms with Gasteiger partial charge in [0.2, 0.25) is 5.95 Å². The van der Waals surface area contributed by atoms with Crippen molar-refractivity contribution in [2.45, 2.75) is 39.7 Å². The predicted octanol–water partition coefficient (Wildman–Crippen LogP) is 3.60. The molecule has 0 radical (unpaired) electrons. The van der Waals surface area contributed by atoms with E-state index in [9.17, 15) is 0 Å². The Kier molecular flexibility index (Phi) is 5.29. The van der Waals surface area contributed by atoms with E-state index < -0.39 is 0 Å². The molecule has 150 valence electrons. The van der Waals surface area contributed by atoms with Crippen molar-refractivity contribution in [3.8, 4) is 11.5 Å². The van der Waals surface area contributed by atoms with Gasteiger partial charge in [-0.05, 0) is 55.4 Å². The average molecular weight is 383 g/mol. The number of hydrogen-bond acceptors (Lipinski definition) is 6. The van der Waals surface area contributed by atoms with Crippen LogP contribution in [-0.4, -0.2) is 43.8 Å². The van der Waals surface area contributed by atoms with E-state index in [0.29, 0.717) is 5.92 Å². The molecular weight excluding hydrogens is 352 g/mol. The predicted molar refractivity (Wildman–Crippen MR) is 112 cm³/mol. The Morgan fingerprint density at radius 3 is 2.43 bits per heavy atom. The fourth-order valence-electron chi connectivity index (χ4n) is 4.29. The van der Waals surface area contributed by atoms with Crippen LogP contribution in [0.2, 0.25) is 0 Å². The van der Waals surface area contributed by atoms with Crippen molar-refractivity contribution < 1.29 is 9.47 Å². The van der Waals surface area contributed by atoms with Crippen LogP contribution in [0.4, 0.5) is 11.8 Å². The molecule has 4 rings (SSSR count). The van der Waals surface area contributed by atoms with E-state index in [-0.39, 0.29) is 0 Å². The summed E-state index contributed by atoms with van der Waals surface area (Å²) in [6.45, 7) is 8.23. The molecule has 6 heteroatoms. The molecule has 2 aliphatic heterocycles. The molecule has 1 atom stereocenters. The number of anilines is 2. The molecule has 2 aliphatic rings. The highest BCUT2D eigenvalue weighted by Crippen LogP contribution is 2.34. The van der Waals surface area contributed by atoms with Crippen LogP contribution in [-0.2, 0) is 13.0 Å². The summed E-state index contributed by atoms with van der Waals surface area (Å²) in [4.78, 5) is 14.4. The summed E-state index contributed by atoms with van der Waals surface area (Å²) in [6, 6.07) is 6.31. The molecule has 0 saturated carbocycles. The second-order valence-corrected chi connectivity index (χ2v) is 8.01. The van der Waals surface area contributed by atoms with Crippen LogP contribution >= 0.6 is 0 Å². The number of rotatable bonds is 4. The minimum atomic E-state index is 0.700. The largest absolute Gasteiger partial charge is 0.493 e. The number of aryl methyl sites for hydroxylation is 1. The Morgan fingerprint density at radius 2 is 1.71 bits per heavy atom. The van der Waals surface area contributed by atoms with Gasteiger partial charge in [-0.3, -0.25) is 0 Å². The van der Waals surface area contributed by atoms with Crippen LogP contribution in [0.3, 0.4) is 0 Å². The summed E-state index contributed by atoms with van der Waals surface area (Å²) in [5, 5.41) is 0. The molecule has 0 amide bonds. The van der Waals surface area contributed by atoms with Gasteiger partial charge in [-0.1, -0.05) is 6.92 Å². The van der Waals surface area contributed by atoms with Gasteiger partial charge in [-0.25, -0.2) is 4.98 Å². The second-order valence-electron chi connectivity index (χ2n) is 8.01. The zero-order chi connectivity index (χ0) is 19.7. The number of fused-ring (bicyclic) bond motifs is 1. The molecule has 0 bridgehead atoms. The summed E-state index contributed by atoms with van der Waals surface area (Å²) in [6.07, 6.45) is 3.48. The van der Waals surface area contributed by atoms with Gasteiger partial charge in [0.15, 0.2) is 11.5 Å². The van der Waals surface area contributed by atoms with Gasteiger partial charge in [0, 0.05) is 37.9 Å². The molecule has 0 aliphatic carbocycles. The van der Waals surface area contributed by atoms with E-state index in [2.05, 4.69) is 41.8 Å². The standard InChI is InChI=1S/C22H30N4O2/c1-15-6-5-8-26(13-15)22-23-16(2)10-21(24-22)25-9-7-17-11-19(27-3)20(28-4)12-18(17)14-25/h10-12,15H,5-9,13-14H2,1-4H3. The third kappa shape index (κ3) is 3.73. The molecule has 1 aromatic carbocycles. The second kappa shape index (κ2) is 7.86. The lowest BCUT2D eigenvalue weighted by molar-refractivity contribution is 0.353. The molecule has 6 nitrogen and oxygen atoms in total. The van der Waals surface area contributed by atoms with Crippen LogP contribution in [0.5, 0.6) is 11.5 Å². The Bertz CT molecular complexity index is 855. The summed E-state index contributed by atoms with van der Waals surface area (Å²) >= 11 is 0. The first kappa shape index (κ1) is 18.8. The fourth-order valence-corrected chi connectivity index (χ4v) is 4.29. The fraction of sp³-hybridized carbons (Fsp3) is 0.545. The normalized spacial score (nSPS) is 19.4. The molecule has 2 aromatic rings. The minimum Gasteiger partial charge on any atom is -0.493 e. The van der Waals surface area contributed by atoms with Gasteiger partial charge in [0.1, 0.15) is 5.82 Å². The van der Waals surface area contributed by atoms with Gasteiger partial charge in [-0.15, -0.1) is 0 Å². The lowest BCUT2D eigenvalue weighted by atomic mass is 9.98. The number of ether oxygens (including phenoxy) is 2. The van der Waals surface area contributed by atoms with Crippen LogP contribution in [0, 0.1) is 12.8 Å². The maximum atomic E-state index is 5.50. The highest BCUT2D eigenvalue weighted by molar-refractivity contribution is 5.53. The van der Waals surface area contributed by atoms with Crippen molar-refractivity contribution in [3.63, 3.8) is 0 Å². The van der Waals surface area contributed by atoms with Gasteiger partial charge in [-0.2, -0.15) is 4.98 Å². The zero-order valence-electron chi connectivity index (χ0n) is 17.4. The molecule has 1 fully saturated rings. The molecule has 28 heavy (non-hydrogen) atoms. The topological polar surface area (TPSA) is 50.7 Å². The van der Waals surface area contributed by atoms with E-state index in [0.717, 1.165) is 61.6 Å². The van der Waals surface area contributed by atoms with Crippen molar-refractivity contribution in [1.29, 1.82) is 0 Å². The van der Waals surface area contributed by atoms with E-state index in [1.807, 2.05) is 0 Å². The van der Waals surface area contributed by atoms with E-state index in [1.54, 1.807) is 14.2 Å². The Morgan fingerprint density at radius 1 is 0.964 bits per heavy atom. The van der Waals surface area contributed by atoms with Crippen LogP contribution in [0.15, 0.2) is 18.2 Å². The van der Waals surface area contributed by atoms with E-state index in [1.165, 1.54) is 24.0 Å². The summed E-state index contributed by atoms with van der Waals surface area (Å²) in [5.74, 6) is 4.17. The molecular formula is C22H30N4O2. The van der Waals surface area contributed by atoms with Crippen LogP contribution in [0.1, 0.15) is 36.6 Å². The summed E-state index contributed by atoms with van der Waals surface area (Å²) in [5.41, 5.74) is 3.62. The van der Waals surface area contributed by atoms with Gasteiger partial charge in [0.05, 0.1) is 14.2 Å². The van der Waals surface area contributed by atoms with Gasteiger partial charge >= 0.3 is 0 Å². The lowest BCUT2D eigenvalue weighted by Gasteiger charge is -2.33. The minimum absolute atomic E-state index is 0.700. The Hall–Kier alpha value is -2.50. The molecule has 1 saturated heterocycles. The number of piperidine rings is 1. The van der Waals surface area contributed by atoms with E-state index in [4.69, 9.17) is 19.4 Å². The van der Waals surface area contributed by atoms with Crippen molar-refractivity contribution in [2.24, 2.45) is 5.92 Å². The van der Waals surface area contributed by atoms with Crippen LogP contribution < -0.4 is 19.3 Å². The van der Waals surface area contributed by atoms with Gasteiger partial charge in [0.25, 0.3) is 0 Å². The zero-order valence-corrected chi connectivity index (χ0v) is 17.4. The molecule has 1 aromatic heterocycles. The summed E-state index contributed by atoms with van der Waals surface area (Å²) in [7, 11) is 3.37. The maximum Gasteiger partial charge on any atom is 0.227 e. The summed E-state index contributed by atoms with van der Waals surface area (Å²) < 4.78 is 11.0. The smallest absolute Gasteiger partial charge is 0.227 e. The maximum absolute atomic E-state index is 5.50. The molecule has 1 unspecified atom stereocenters. The molecule has 0 N–H and O–H groups in total. The quantitative estimate of drug-likeness (QED) is 0.805. The lowest BCUT2D eigenvalue weighted by Crippen LogP contribution is -2.36. The van der Waals surface area contributed by atoms with Crippen molar-refractivity contribution >= 4 is 11.8 Å². The average Bonchev–Trinajstić information content (AvgIpc) is 2.71. The number of hydrogen-bond donors (Lipinski definition) is 0. The number of methoxy groups -OCH3 is 2. The molecule has 3 heterocycles. The Balaban J connectivity index is 1.60. The van der Waals surface area contributed by atoms with Gasteiger partial charge < -0.3 is 19.3 Å². The highest BCUT2D eigenvalue weighted by Gasteiger charge is 2.23. The highest BCUT2D eigenvalue weighted by atomic mass is 16.5. The third-order valence-electron chi connectivity index (χ3n) is 5.81. The first-order valence-corrected chi connectivity index (χ1v) is 10.2. The first-order chi connectivity index (χ1) is 13.6. The Labute approximate surface area is 167 Å². The van der Waals surface area contributed by atoms with Crippen molar-refractivity contribution in [1.82, 2.24) is 9.97 Å². The van der Waals surface area contributed by atoms with E-state index >= 15 is 0 Å². The monoisotopic (exact) mass is 382 g/mol. The van der Waals surface area contributed by atoms with Crippen molar-refractivity contribution in [3.05, 3.63) is 35.0 Å².